The highest BCUT2D eigenvalue weighted by molar-refractivity contribution is 5.96. The lowest BCUT2D eigenvalue weighted by Crippen LogP contribution is -2.47. The van der Waals surface area contributed by atoms with E-state index in [1.807, 2.05) is 35.2 Å². The minimum atomic E-state index is 0.133. The summed E-state index contributed by atoms with van der Waals surface area (Å²) < 4.78 is 0. The second kappa shape index (κ2) is 8.37. The van der Waals surface area contributed by atoms with Gasteiger partial charge in [-0.1, -0.05) is 43.3 Å². The first-order chi connectivity index (χ1) is 12.6. The molecule has 138 valence electrons. The Morgan fingerprint density at radius 3 is 2.69 bits per heavy atom. The van der Waals surface area contributed by atoms with Gasteiger partial charge in [-0.3, -0.25) is 9.69 Å². The van der Waals surface area contributed by atoms with Crippen LogP contribution in [0.2, 0.25) is 0 Å². The van der Waals surface area contributed by atoms with Crippen molar-refractivity contribution in [2.45, 2.75) is 45.7 Å². The lowest BCUT2D eigenvalue weighted by atomic mass is 9.96. The number of amides is 1. The van der Waals surface area contributed by atoms with Crippen LogP contribution < -0.4 is 4.90 Å². The van der Waals surface area contributed by atoms with Crippen LogP contribution in [-0.2, 0) is 17.8 Å². The summed E-state index contributed by atoms with van der Waals surface area (Å²) >= 11 is 0. The summed E-state index contributed by atoms with van der Waals surface area (Å²) in [5.74, 6) is 0.422. The van der Waals surface area contributed by atoms with Gasteiger partial charge in [-0.15, -0.1) is 0 Å². The molecule has 2 aromatic rings. The van der Waals surface area contributed by atoms with Gasteiger partial charge in [0.15, 0.2) is 0 Å². The number of carbonyl (C=O) groups is 1. The van der Waals surface area contributed by atoms with Crippen molar-refractivity contribution in [1.82, 2.24) is 4.90 Å². The Labute approximate surface area is 156 Å². The lowest BCUT2D eigenvalue weighted by molar-refractivity contribution is -0.120. The molecule has 1 unspecified atom stereocenters. The van der Waals surface area contributed by atoms with Crippen LogP contribution in [-0.4, -0.2) is 35.0 Å². The summed E-state index contributed by atoms with van der Waals surface area (Å²) in [6.45, 7) is 6.00. The zero-order chi connectivity index (χ0) is 18.5. The number of benzene rings is 2. The zero-order valence-electron chi connectivity index (χ0n) is 15.7. The summed E-state index contributed by atoms with van der Waals surface area (Å²) in [7, 11) is 0. The third-order valence-electron chi connectivity index (χ3n) is 5.08. The average Bonchev–Trinajstić information content (AvgIpc) is 2.63. The Balaban J connectivity index is 1.77. The van der Waals surface area contributed by atoms with Gasteiger partial charge in [0.2, 0.25) is 5.91 Å². The van der Waals surface area contributed by atoms with Crippen LogP contribution in [0.4, 0.5) is 5.69 Å². The van der Waals surface area contributed by atoms with Gasteiger partial charge in [0, 0.05) is 23.8 Å². The molecule has 1 aliphatic heterocycles. The Hall–Kier alpha value is -2.33. The Bertz CT molecular complexity index is 759. The molecule has 1 aliphatic rings. The molecule has 1 amide bonds. The van der Waals surface area contributed by atoms with Gasteiger partial charge in [-0.05, 0) is 50.4 Å². The molecule has 0 spiro atoms. The number of fused-ring (bicyclic) bond motifs is 1. The first-order valence-corrected chi connectivity index (χ1v) is 9.49. The molecule has 0 fully saturated rings. The average molecular weight is 352 g/mol. The smallest absolute Gasteiger partial charge is 0.241 e. The van der Waals surface area contributed by atoms with Crippen molar-refractivity contribution in [2.24, 2.45) is 0 Å². The number of phenols is 1. The predicted octanol–water partition coefficient (Wildman–Crippen LogP) is 3.97. The lowest BCUT2D eigenvalue weighted by Gasteiger charge is -2.36. The van der Waals surface area contributed by atoms with Crippen LogP contribution in [0.1, 0.15) is 37.8 Å². The number of nitrogens with zero attached hydrogens (tertiary/aromatic N) is 2. The molecule has 0 bridgehead atoms. The molecule has 0 saturated heterocycles. The van der Waals surface area contributed by atoms with Gasteiger partial charge in [-0.2, -0.15) is 0 Å². The van der Waals surface area contributed by atoms with E-state index in [4.69, 9.17) is 0 Å². The maximum atomic E-state index is 13.2. The van der Waals surface area contributed by atoms with Gasteiger partial charge < -0.3 is 10.0 Å². The number of carbonyl (C=O) groups excluding carboxylic acids is 1. The van der Waals surface area contributed by atoms with Crippen molar-refractivity contribution in [3.8, 4) is 5.75 Å². The summed E-state index contributed by atoms with van der Waals surface area (Å²) in [5.41, 5.74) is 3.16. The van der Waals surface area contributed by atoms with Crippen molar-refractivity contribution < 1.29 is 9.90 Å². The molecule has 0 aliphatic carbocycles. The zero-order valence-corrected chi connectivity index (χ0v) is 15.7. The fourth-order valence-corrected chi connectivity index (χ4v) is 3.75. The molecule has 1 atom stereocenters. The van der Waals surface area contributed by atoms with Gasteiger partial charge in [-0.25, -0.2) is 0 Å². The summed E-state index contributed by atoms with van der Waals surface area (Å²) in [6, 6.07) is 15.8. The van der Waals surface area contributed by atoms with Gasteiger partial charge in [0.25, 0.3) is 0 Å². The summed E-state index contributed by atoms with van der Waals surface area (Å²) in [4.78, 5) is 17.2. The highest BCUT2D eigenvalue weighted by Gasteiger charge is 2.28. The molecule has 4 heteroatoms. The maximum absolute atomic E-state index is 13.2. The van der Waals surface area contributed by atoms with E-state index in [2.05, 4.69) is 30.9 Å². The second-order valence-corrected chi connectivity index (χ2v) is 7.12. The van der Waals surface area contributed by atoms with Gasteiger partial charge >= 0.3 is 0 Å². The van der Waals surface area contributed by atoms with Crippen molar-refractivity contribution in [2.75, 3.05) is 18.0 Å². The van der Waals surface area contributed by atoms with Crippen molar-refractivity contribution in [1.29, 1.82) is 0 Å². The number of anilines is 1. The Morgan fingerprint density at radius 2 is 1.92 bits per heavy atom. The largest absolute Gasteiger partial charge is 0.508 e. The fraction of sp³-hybridized carbons (Fsp3) is 0.409. The quantitative estimate of drug-likeness (QED) is 0.855. The third kappa shape index (κ3) is 4.07. The van der Waals surface area contributed by atoms with E-state index in [0.717, 1.165) is 37.1 Å². The molecule has 0 radical (unpaired) electrons. The van der Waals surface area contributed by atoms with E-state index in [1.54, 1.807) is 6.07 Å². The van der Waals surface area contributed by atoms with Crippen molar-refractivity contribution >= 4 is 11.6 Å². The molecular weight excluding hydrogens is 324 g/mol. The van der Waals surface area contributed by atoms with E-state index in [9.17, 15) is 9.90 Å². The van der Waals surface area contributed by atoms with Crippen LogP contribution in [0.3, 0.4) is 0 Å². The van der Waals surface area contributed by atoms with Crippen molar-refractivity contribution in [3.63, 3.8) is 0 Å². The number of hydrogen-bond donors (Lipinski definition) is 1. The monoisotopic (exact) mass is 352 g/mol. The van der Waals surface area contributed by atoms with Gasteiger partial charge in [0.05, 0.1) is 6.54 Å². The first kappa shape index (κ1) is 18.5. The summed E-state index contributed by atoms with van der Waals surface area (Å²) in [5, 5.41) is 10.1. The van der Waals surface area contributed by atoms with Crippen LogP contribution >= 0.6 is 0 Å². The molecule has 26 heavy (non-hydrogen) atoms. The van der Waals surface area contributed by atoms with Crippen LogP contribution in [0, 0.1) is 0 Å². The van der Waals surface area contributed by atoms with Crippen LogP contribution in [0.5, 0.6) is 5.75 Å². The molecule has 1 N–H and O–H groups in total. The molecular formula is C22H28N2O2. The third-order valence-corrected chi connectivity index (χ3v) is 5.08. The normalized spacial score (nSPS) is 16.6. The van der Waals surface area contributed by atoms with E-state index in [0.29, 0.717) is 13.1 Å². The number of para-hydroxylation sites is 2. The number of aryl methyl sites for hydroxylation is 1. The molecule has 0 aromatic heterocycles. The molecule has 2 aromatic carbocycles. The maximum Gasteiger partial charge on any atom is 0.241 e. The highest BCUT2D eigenvalue weighted by atomic mass is 16.3. The van der Waals surface area contributed by atoms with E-state index in [1.165, 1.54) is 5.56 Å². The molecule has 4 nitrogen and oxygen atoms in total. The Morgan fingerprint density at radius 1 is 1.19 bits per heavy atom. The topological polar surface area (TPSA) is 43.8 Å². The van der Waals surface area contributed by atoms with Crippen LogP contribution in [0.15, 0.2) is 48.5 Å². The fourth-order valence-electron chi connectivity index (χ4n) is 3.75. The van der Waals surface area contributed by atoms with E-state index in [-0.39, 0.29) is 17.7 Å². The van der Waals surface area contributed by atoms with Crippen LogP contribution in [0.25, 0.3) is 0 Å². The SMILES string of the molecule is CCCN(CC(=O)N1c2ccccc2CCC1C)Cc1ccccc1O. The van der Waals surface area contributed by atoms with E-state index < -0.39 is 0 Å². The molecule has 3 rings (SSSR count). The predicted molar refractivity (Wildman–Crippen MR) is 105 cm³/mol. The summed E-state index contributed by atoms with van der Waals surface area (Å²) in [6.07, 6.45) is 2.99. The number of hydrogen-bond acceptors (Lipinski definition) is 3. The first-order valence-electron chi connectivity index (χ1n) is 9.49. The number of phenolic OH excluding ortho intramolecular Hbond substituents is 1. The minimum Gasteiger partial charge on any atom is -0.508 e. The molecule has 1 heterocycles. The standard InChI is InChI=1S/C22H28N2O2/c1-3-14-23(15-19-9-5-7-11-21(19)25)16-22(26)24-17(2)12-13-18-8-4-6-10-20(18)24/h4-11,17,25H,3,12-16H2,1-2H3. The van der Waals surface area contributed by atoms with E-state index >= 15 is 0 Å². The Kier molecular flexibility index (Phi) is 5.94. The minimum absolute atomic E-state index is 0.133. The van der Waals surface area contributed by atoms with Crippen molar-refractivity contribution in [3.05, 3.63) is 59.7 Å². The highest BCUT2D eigenvalue weighted by Crippen LogP contribution is 2.30. The number of aromatic hydroxyl groups is 1. The second-order valence-electron chi connectivity index (χ2n) is 7.12. The number of rotatable bonds is 6. The van der Waals surface area contributed by atoms with Gasteiger partial charge in [0.1, 0.15) is 5.75 Å². The molecule has 0 saturated carbocycles.